The second kappa shape index (κ2) is 7.65. The van der Waals surface area contributed by atoms with Crippen LogP contribution in [0.2, 0.25) is 0 Å². The molecule has 1 aromatic rings. The lowest BCUT2D eigenvalue weighted by Gasteiger charge is -2.42. The van der Waals surface area contributed by atoms with E-state index in [-0.39, 0.29) is 23.2 Å². The van der Waals surface area contributed by atoms with Crippen LogP contribution in [0.25, 0.3) is 0 Å². The van der Waals surface area contributed by atoms with E-state index < -0.39 is 17.3 Å². The van der Waals surface area contributed by atoms with Crippen molar-refractivity contribution in [3.63, 3.8) is 0 Å². The van der Waals surface area contributed by atoms with E-state index in [0.717, 1.165) is 25.0 Å². The van der Waals surface area contributed by atoms with Crippen molar-refractivity contribution < 1.29 is 18.3 Å². The highest BCUT2D eigenvalue weighted by Crippen LogP contribution is 2.36. The lowest BCUT2D eigenvalue weighted by molar-refractivity contribution is 0.0855. The number of unbranched alkanes of at least 4 members (excludes halogenated alkanes) is 1. The maximum absolute atomic E-state index is 14.1. The maximum atomic E-state index is 14.1. The van der Waals surface area contributed by atoms with Crippen LogP contribution in [0, 0.1) is 11.6 Å². The monoisotopic (exact) mass is 386 g/mol. The number of halogens is 3. The number of ether oxygens (including phenoxy) is 1. The molecule has 1 spiro atoms. The molecular weight excluding hydrogens is 366 g/mol. The first-order valence-corrected chi connectivity index (χ1v) is 9.09. The minimum Gasteiger partial charge on any atom is -0.449 e. The van der Waals surface area contributed by atoms with Crippen molar-refractivity contribution in [1.29, 1.82) is 0 Å². The molecule has 0 radical (unpaired) electrons. The number of alkyl halides is 1. The summed E-state index contributed by atoms with van der Waals surface area (Å²) >= 11 is 5.59. The van der Waals surface area contributed by atoms with Gasteiger partial charge in [0.25, 0.3) is 0 Å². The van der Waals surface area contributed by atoms with E-state index in [0.29, 0.717) is 38.4 Å². The second-order valence-electron chi connectivity index (χ2n) is 6.43. The quantitative estimate of drug-likeness (QED) is 0.615. The molecule has 1 amide bonds. The predicted octanol–water partition coefficient (Wildman–Crippen LogP) is 3.04. The molecule has 26 heavy (non-hydrogen) atoms. The summed E-state index contributed by atoms with van der Waals surface area (Å²) in [5, 5.41) is 3.00. The molecule has 1 aromatic carbocycles. The number of hydrogen-bond donors (Lipinski definition) is 2. The Kier molecular flexibility index (Phi) is 5.50. The minimum absolute atomic E-state index is 0.0228. The molecule has 3 N–H and O–H groups in total. The Morgan fingerprint density at radius 2 is 2.00 bits per heavy atom. The van der Waals surface area contributed by atoms with E-state index >= 15 is 0 Å². The van der Waals surface area contributed by atoms with Gasteiger partial charge in [-0.05, 0) is 25.0 Å². The zero-order chi connectivity index (χ0) is 18.7. The van der Waals surface area contributed by atoms with Crippen molar-refractivity contribution in [3.05, 3.63) is 29.3 Å². The van der Waals surface area contributed by atoms with Gasteiger partial charge in [0.1, 0.15) is 23.1 Å². The molecule has 0 aliphatic carbocycles. The number of amidine groups is 1. The molecule has 3 rings (SSSR count). The molecule has 2 heterocycles. The van der Waals surface area contributed by atoms with Crippen molar-refractivity contribution in [2.45, 2.75) is 31.3 Å². The van der Waals surface area contributed by atoms with Crippen LogP contribution in [0.1, 0.15) is 31.2 Å². The van der Waals surface area contributed by atoms with Gasteiger partial charge in [-0.3, -0.25) is 0 Å². The van der Waals surface area contributed by atoms with Crippen molar-refractivity contribution in [1.82, 2.24) is 4.90 Å². The lowest BCUT2D eigenvalue weighted by atomic mass is 9.93. The fourth-order valence-corrected chi connectivity index (χ4v) is 3.40. The molecule has 2 aliphatic heterocycles. The van der Waals surface area contributed by atoms with Gasteiger partial charge in [-0.1, -0.05) is 0 Å². The third kappa shape index (κ3) is 3.70. The first-order chi connectivity index (χ1) is 12.5. The van der Waals surface area contributed by atoms with Gasteiger partial charge in [0.15, 0.2) is 0 Å². The Balaban J connectivity index is 1.65. The molecule has 0 bridgehead atoms. The van der Waals surface area contributed by atoms with Crippen LogP contribution < -0.4 is 11.1 Å². The Morgan fingerprint density at radius 1 is 1.31 bits per heavy atom. The lowest BCUT2D eigenvalue weighted by Crippen LogP contribution is -2.52. The largest absolute Gasteiger partial charge is 0.449 e. The molecule has 142 valence electrons. The second-order valence-corrected chi connectivity index (χ2v) is 6.81. The molecule has 2 aliphatic rings. The Labute approximate surface area is 155 Å². The molecule has 0 atom stereocenters. The van der Waals surface area contributed by atoms with E-state index in [1.807, 2.05) is 0 Å². The molecule has 0 unspecified atom stereocenters. The first-order valence-electron chi connectivity index (χ1n) is 8.55. The smallest absolute Gasteiger partial charge is 0.409 e. The molecule has 0 aromatic heterocycles. The highest BCUT2D eigenvalue weighted by Gasteiger charge is 2.40. The third-order valence-electron chi connectivity index (χ3n) is 4.65. The third-order valence-corrected chi connectivity index (χ3v) is 4.92. The summed E-state index contributed by atoms with van der Waals surface area (Å²) in [5.74, 6) is -0.705. The van der Waals surface area contributed by atoms with Gasteiger partial charge in [-0.15, -0.1) is 11.6 Å². The number of nitrogens with one attached hydrogen (secondary N) is 1. The fraction of sp³-hybridized carbons (Fsp3) is 0.529. The summed E-state index contributed by atoms with van der Waals surface area (Å²) in [6.07, 6.45) is 1.95. The molecule has 9 heteroatoms. The van der Waals surface area contributed by atoms with Crippen LogP contribution in [0.3, 0.4) is 0 Å². The molecule has 1 fully saturated rings. The Morgan fingerprint density at radius 3 is 2.69 bits per heavy atom. The number of piperidine rings is 1. The number of hydrogen-bond acceptors (Lipinski definition) is 5. The summed E-state index contributed by atoms with van der Waals surface area (Å²) in [6, 6.07) is 2.08. The number of carbonyl (C=O) groups excluding carboxylic acids is 1. The average molecular weight is 387 g/mol. The summed E-state index contributed by atoms with van der Waals surface area (Å²) in [5.41, 5.74) is 5.03. The van der Waals surface area contributed by atoms with Crippen molar-refractivity contribution in [3.8, 4) is 0 Å². The Bertz CT molecular complexity index is 721. The minimum atomic E-state index is -0.846. The van der Waals surface area contributed by atoms with Crippen LogP contribution in [0.5, 0.6) is 0 Å². The summed E-state index contributed by atoms with van der Waals surface area (Å²) in [7, 11) is 0. The van der Waals surface area contributed by atoms with Crippen molar-refractivity contribution in [2.24, 2.45) is 10.7 Å². The maximum Gasteiger partial charge on any atom is 0.409 e. The standard InChI is InChI=1S/C17H21ClF2N4O2/c18-7-1-2-10-26-16(25)24-8-5-17(6-9-24)22-14-12(20)4-3-11(19)13(14)15(21)23-17/h3-4,22H,1-2,5-10H2,(H2,21,23). The number of carbonyl (C=O) groups is 1. The molecular formula is C17H21ClF2N4O2. The first kappa shape index (κ1) is 18.7. The topological polar surface area (TPSA) is 80.0 Å². The predicted molar refractivity (Wildman–Crippen MR) is 95.5 cm³/mol. The van der Waals surface area contributed by atoms with Gasteiger partial charge in [0.05, 0.1) is 17.9 Å². The summed E-state index contributed by atoms with van der Waals surface area (Å²) in [6.45, 7) is 1.09. The van der Waals surface area contributed by atoms with Gasteiger partial charge >= 0.3 is 6.09 Å². The van der Waals surface area contributed by atoms with Crippen LogP contribution >= 0.6 is 11.6 Å². The number of rotatable bonds is 4. The summed E-state index contributed by atoms with van der Waals surface area (Å²) in [4.78, 5) is 18.0. The molecule has 6 nitrogen and oxygen atoms in total. The number of nitrogens with two attached hydrogens (primary N) is 1. The molecule has 0 saturated carbocycles. The van der Waals surface area contributed by atoms with Crippen LogP contribution in [0.4, 0.5) is 19.3 Å². The summed E-state index contributed by atoms with van der Waals surface area (Å²) < 4.78 is 33.3. The zero-order valence-corrected chi connectivity index (χ0v) is 15.0. The average Bonchev–Trinajstić information content (AvgIpc) is 2.62. The van der Waals surface area contributed by atoms with E-state index in [1.165, 1.54) is 0 Å². The number of nitrogens with zero attached hydrogens (tertiary/aromatic N) is 2. The van der Waals surface area contributed by atoms with Gasteiger partial charge in [0.2, 0.25) is 0 Å². The van der Waals surface area contributed by atoms with E-state index in [1.54, 1.807) is 4.90 Å². The normalized spacial score (nSPS) is 18.1. The number of aliphatic imine (C=N–C) groups is 1. The zero-order valence-electron chi connectivity index (χ0n) is 14.2. The van der Waals surface area contributed by atoms with E-state index in [9.17, 15) is 13.6 Å². The van der Waals surface area contributed by atoms with Gasteiger partial charge in [-0.2, -0.15) is 0 Å². The highest BCUT2D eigenvalue weighted by molar-refractivity contribution is 6.17. The number of fused-ring (bicyclic) bond motifs is 1. The van der Waals surface area contributed by atoms with E-state index in [4.69, 9.17) is 22.1 Å². The Hall–Kier alpha value is -2.09. The van der Waals surface area contributed by atoms with E-state index in [2.05, 4.69) is 10.3 Å². The van der Waals surface area contributed by atoms with Crippen molar-refractivity contribution in [2.75, 3.05) is 30.9 Å². The number of amides is 1. The number of anilines is 1. The fourth-order valence-electron chi connectivity index (χ4n) is 3.21. The highest BCUT2D eigenvalue weighted by atomic mass is 35.5. The van der Waals surface area contributed by atoms with Crippen LogP contribution in [0.15, 0.2) is 17.1 Å². The van der Waals surface area contributed by atoms with Crippen LogP contribution in [-0.4, -0.2) is 48.1 Å². The van der Waals surface area contributed by atoms with Crippen molar-refractivity contribution >= 4 is 29.2 Å². The van der Waals surface area contributed by atoms with Gasteiger partial charge < -0.3 is 20.7 Å². The van der Waals surface area contributed by atoms with Crippen LogP contribution in [-0.2, 0) is 4.74 Å². The van der Waals surface area contributed by atoms with Gasteiger partial charge in [-0.25, -0.2) is 18.6 Å². The number of benzene rings is 1. The SMILES string of the molecule is NC1=NC2(CCN(C(=O)OCCCCCl)CC2)Nc2c(F)ccc(F)c21. The molecule has 1 saturated heterocycles. The number of likely N-dealkylation sites (tertiary alicyclic amines) is 1. The van der Waals surface area contributed by atoms with Gasteiger partial charge in [0, 0.05) is 31.8 Å².